The maximum Gasteiger partial charge on any atom is 0.229 e. The summed E-state index contributed by atoms with van der Waals surface area (Å²) in [7, 11) is 0. The van der Waals surface area contributed by atoms with Gasteiger partial charge in [-0.1, -0.05) is 41.9 Å². The summed E-state index contributed by atoms with van der Waals surface area (Å²) < 4.78 is 5.73. The number of hydrogen-bond donors (Lipinski definition) is 2. The minimum Gasteiger partial charge on any atom is -0.487 e. The quantitative estimate of drug-likeness (QED) is 0.653. The van der Waals surface area contributed by atoms with Gasteiger partial charge >= 0.3 is 0 Å². The van der Waals surface area contributed by atoms with Crippen molar-refractivity contribution >= 4 is 35.3 Å². The van der Waals surface area contributed by atoms with Crippen LogP contribution in [0.15, 0.2) is 54.7 Å². The van der Waals surface area contributed by atoms with Crippen molar-refractivity contribution in [2.24, 2.45) is 0 Å². The highest BCUT2D eigenvalue weighted by Crippen LogP contribution is 2.29. The van der Waals surface area contributed by atoms with E-state index < -0.39 is 0 Å². The number of nitrogens with one attached hydrogen (secondary N) is 1. The zero-order valence-electron chi connectivity index (χ0n) is 13.1. The monoisotopic (exact) mass is 354 g/mol. The number of anilines is 3. The summed E-state index contributed by atoms with van der Waals surface area (Å²) in [5.41, 5.74) is 7.64. The predicted octanol–water partition coefficient (Wildman–Crippen LogP) is 3.85. The molecule has 25 heavy (non-hydrogen) atoms. The molecule has 0 saturated carbocycles. The van der Waals surface area contributed by atoms with Crippen LogP contribution in [0.2, 0.25) is 5.02 Å². The van der Waals surface area contributed by atoms with Crippen molar-refractivity contribution in [2.75, 3.05) is 11.1 Å². The van der Waals surface area contributed by atoms with Gasteiger partial charge in [-0.15, -0.1) is 0 Å². The Hall–Kier alpha value is -3.12. The van der Waals surface area contributed by atoms with Crippen LogP contribution in [0.3, 0.4) is 0 Å². The average Bonchev–Trinajstić information content (AvgIpc) is 2.62. The summed E-state index contributed by atoms with van der Waals surface area (Å²) in [5.74, 6) is 0.964. The molecule has 3 aromatic rings. The molecule has 3 N–H and O–H groups in total. The van der Waals surface area contributed by atoms with E-state index in [4.69, 9.17) is 22.1 Å². The van der Waals surface area contributed by atoms with Crippen LogP contribution >= 0.6 is 11.6 Å². The van der Waals surface area contributed by atoms with Gasteiger partial charge in [0.15, 0.2) is 6.29 Å². The standard InChI is InChI=1S/C18H15ClN4O2/c19-15-8-14(22-18-21-9-13(10-24)17(20)23-18)6-7-16(15)25-11-12-4-2-1-3-5-12/h1-10H,11H2,(H3,20,21,22,23). The van der Waals surface area contributed by atoms with Crippen molar-refractivity contribution in [1.82, 2.24) is 9.97 Å². The van der Waals surface area contributed by atoms with Gasteiger partial charge in [-0.2, -0.15) is 4.98 Å². The Labute approximate surface area is 149 Å². The van der Waals surface area contributed by atoms with E-state index in [-0.39, 0.29) is 17.3 Å². The van der Waals surface area contributed by atoms with Gasteiger partial charge in [-0.3, -0.25) is 4.79 Å². The summed E-state index contributed by atoms with van der Waals surface area (Å²) in [6.45, 7) is 0.431. The van der Waals surface area contributed by atoms with E-state index in [1.54, 1.807) is 18.2 Å². The van der Waals surface area contributed by atoms with Gasteiger partial charge < -0.3 is 15.8 Å². The highest BCUT2D eigenvalue weighted by molar-refractivity contribution is 6.32. The second-order valence-corrected chi connectivity index (χ2v) is 5.60. The minimum atomic E-state index is 0.112. The van der Waals surface area contributed by atoms with Crippen LogP contribution in [0.25, 0.3) is 0 Å². The first kappa shape index (κ1) is 16.7. The number of nitrogens with two attached hydrogens (primary N) is 1. The molecule has 7 heteroatoms. The Balaban J connectivity index is 1.69. The number of aromatic nitrogens is 2. The van der Waals surface area contributed by atoms with Crippen LogP contribution in [0.1, 0.15) is 15.9 Å². The summed E-state index contributed by atoms with van der Waals surface area (Å²) in [4.78, 5) is 18.8. The first-order chi connectivity index (χ1) is 12.2. The lowest BCUT2D eigenvalue weighted by Crippen LogP contribution is -2.03. The molecule has 3 rings (SSSR count). The second kappa shape index (κ2) is 7.63. The third kappa shape index (κ3) is 4.24. The number of nitrogen functional groups attached to an aromatic ring is 1. The highest BCUT2D eigenvalue weighted by Gasteiger charge is 2.07. The lowest BCUT2D eigenvalue weighted by molar-refractivity contribution is 0.112. The SMILES string of the molecule is Nc1nc(Nc2ccc(OCc3ccccc3)c(Cl)c2)ncc1C=O. The number of aldehydes is 1. The molecule has 1 heterocycles. The fourth-order valence-corrected chi connectivity index (χ4v) is 2.35. The molecule has 126 valence electrons. The van der Waals surface area contributed by atoms with Crippen molar-refractivity contribution in [3.05, 3.63) is 70.9 Å². The number of nitrogens with zero attached hydrogens (tertiary/aromatic N) is 2. The van der Waals surface area contributed by atoms with Gasteiger partial charge in [0, 0.05) is 11.9 Å². The van der Waals surface area contributed by atoms with Gasteiger partial charge in [0.25, 0.3) is 0 Å². The number of benzene rings is 2. The number of halogens is 1. The van der Waals surface area contributed by atoms with Crippen molar-refractivity contribution < 1.29 is 9.53 Å². The van der Waals surface area contributed by atoms with Gasteiger partial charge in [0.1, 0.15) is 18.2 Å². The zero-order valence-corrected chi connectivity index (χ0v) is 13.9. The molecule has 2 aromatic carbocycles. The summed E-state index contributed by atoms with van der Waals surface area (Å²) >= 11 is 6.26. The Morgan fingerprint density at radius 3 is 2.68 bits per heavy atom. The summed E-state index contributed by atoms with van der Waals surface area (Å²) in [5, 5.41) is 3.44. The molecule has 1 aromatic heterocycles. The average molecular weight is 355 g/mol. The smallest absolute Gasteiger partial charge is 0.229 e. The van der Waals surface area contributed by atoms with Crippen LogP contribution in [0, 0.1) is 0 Å². The molecule has 0 amide bonds. The zero-order chi connectivity index (χ0) is 17.6. The molecule has 6 nitrogen and oxygen atoms in total. The Morgan fingerprint density at radius 1 is 1.20 bits per heavy atom. The summed E-state index contributed by atoms with van der Waals surface area (Å²) in [6, 6.07) is 15.1. The molecule has 0 aliphatic rings. The Bertz CT molecular complexity index is 887. The number of carbonyl (C=O) groups excluding carboxylic acids is 1. The number of rotatable bonds is 6. The maximum atomic E-state index is 10.7. The van der Waals surface area contributed by atoms with Crippen molar-refractivity contribution in [1.29, 1.82) is 0 Å². The third-order valence-corrected chi connectivity index (χ3v) is 3.70. The van der Waals surface area contributed by atoms with Crippen LogP contribution in [0.4, 0.5) is 17.5 Å². The van der Waals surface area contributed by atoms with Crippen molar-refractivity contribution in [3.63, 3.8) is 0 Å². The fourth-order valence-electron chi connectivity index (χ4n) is 2.12. The van der Waals surface area contributed by atoms with Gasteiger partial charge in [-0.05, 0) is 23.8 Å². The van der Waals surface area contributed by atoms with E-state index in [2.05, 4.69) is 15.3 Å². The molecule has 0 fully saturated rings. The number of carbonyl (C=O) groups is 1. The van der Waals surface area contributed by atoms with E-state index in [9.17, 15) is 4.79 Å². The number of hydrogen-bond acceptors (Lipinski definition) is 6. The van der Waals surface area contributed by atoms with Gasteiger partial charge in [0.05, 0.1) is 10.6 Å². The molecule has 0 aliphatic heterocycles. The predicted molar refractivity (Wildman–Crippen MR) is 97.3 cm³/mol. The maximum absolute atomic E-state index is 10.7. The van der Waals surface area contributed by atoms with Crippen molar-refractivity contribution in [3.8, 4) is 5.75 Å². The molecule has 0 spiro atoms. The van der Waals surface area contributed by atoms with Gasteiger partial charge in [-0.25, -0.2) is 4.98 Å². The van der Waals surface area contributed by atoms with E-state index in [1.807, 2.05) is 30.3 Å². The summed E-state index contributed by atoms with van der Waals surface area (Å²) in [6.07, 6.45) is 1.96. The molecule has 0 radical (unpaired) electrons. The molecule has 0 unspecified atom stereocenters. The molecular weight excluding hydrogens is 340 g/mol. The Kier molecular flexibility index (Phi) is 5.11. The Morgan fingerprint density at radius 2 is 2.00 bits per heavy atom. The van der Waals surface area contributed by atoms with Crippen LogP contribution in [-0.2, 0) is 6.61 Å². The fraction of sp³-hybridized carbons (Fsp3) is 0.0556. The first-order valence-corrected chi connectivity index (χ1v) is 7.84. The minimum absolute atomic E-state index is 0.112. The van der Waals surface area contributed by atoms with Crippen LogP contribution in [0.5, 0.6) is 5.75 Å². The molecular formula is C18H15ClN4O2. The van der Waals surface area contributed by atoms with E-state index >= 15 is 0 Å². The highest BCUT2D eigenvalue weighted by atomic mass is 35.5. The molecule has 0 aliphatic carbocycles. The topological polar surface area (TPSA) is 90.1 Å². The number of ether oxygens (including phenoxy) is 1. The van der Waals surface area contributed by atoms with Crippen molar-refractivity contribution in [2.45, 2.75) is 6.61 Å². The molecule has 0 saturated heterocycles. The normalized spacial score (nSPS) is 10.3. The van der Waals surface area contributed by atoms with E-state index in [0.29, 0.717) is 29.4 Å². The lowest BCUT2D eigenvalue weighted by Gasteiger charge is -2.11. The van der Waals surface area contributed by atoms with Crippen LogP contribution in [-0.4, -0.2) is 16.3 Å². The third-order valence-electron chi connectivity index (χ3n) is 3.40. The largest absolute Gasteiger partial charge is 0.487 e. The lowest BCUT2D eigenvalue weighted by atomic mass is 10.2. The molecule has 0 atom stereocenters. The molecule has 0 bridgehead atoms. The van der Waals surface area contributed by atoms with E-state index in [1.165, 1.54) is 6.20 Å². The second-order valence-electron chi connectivity index (χ2n) is 5.20. The first-order valence-electron chi connectivity index (χ1n) is 7.46. The van der Waals surface area contributed by atoms with Gasteiger partial charge in [0.2, 0.25) is 5.95 Å². The van der Waals surface area contributed by atoms with Crippen LogP contribution < -0.4 is 15.8 Å². The van der Waals surface area contributed by atoms with E-state index in [0.717, 1.165) is 5.56 Å².